The van der Waals surface area contributed by atoms with Crippen molar-refractivity contribution in [1.82, 2.24) is 4.90 Å². The van der Waals surface area contributed by atoms with Crippen LogP contribution in [0, 0.1) is 0 Å². The Balaban J connectivity index is 0.00000210. The van der Waals surface area contributed by atoms with Crippen molar-refractivity contribution in [3.8, 4) is 5.75 Å². The standard InChI is InChI=1S/C31H43N4O2.2HI/c1-5-34(6-2)18-12-17-32-29-25-13-8-9-14-27(25)33(3)30-26-23-24(15-16-28(26)37-31(29)30)36-22-21-35(4)19-10-7-11-20-35;;/h8-9,13-16,23H,5-7,10-12,17-22H2,1-4H3;2*1H/q+1;;/p-1. The minimum atomic E-state index is 0. The van der Waals surface area contributed by atoms with E-state index in [0.717, 1.165) is 83.7 Å². The zero-order valence-corrected chi connectivity index (χ0v) is 28.3. The van der Waals surface area contributed by atoms with E-state index in [1.807, 2.05) is 0 Å². The van der Waals surface area contributed by atoms with E-state index in [1.54, 1.807) is 0 Å². The number of halogens is 2. The lowest BCUT2D eigenvalue weighted by Gasteiger charge is -2.37. The fraction of sp³-hybridized carbons (Fsp3) is 0.516. The summed E-state index contributed by atoms with van der Waals surface area (Å²) in [4.78, 5) is 2.47. The number of pyridine rings is 1. The maximum absolute atomic E-state index is 6.51. The number of rotatable bonds is 11. The van der Waals surface area contributed by atoms with Crippen molar-refractivity contribution in [2.45, 2.75) is 39.5 Å². The molecule has 1 N–H and O–H groups in total. The van der Waals surface area contributed by atoms with E-state index < -0.39 is 0 Å². The molecule has 1 fully saturated rings. The highest BCUT2D eigenvalue weighted by Crippen LogP contribution is 2.37. The summed E-state index contributed by atoms with van der Waals surface area (Å²) in [5.41, 5.74) is 5.21. The monoisotopic (exact) mass is 758 g/mol. The first-order valence-electron chi connectivity index (χ1n) is 14.2. The van der Waals surface area contributed by atoms with Crippen LogP contribution < -0.4 is 62.6 Å². The SMILES string of the molecule is CCN(CC)CCCNc1c2ccccc2[n+](C)c2c1oc1ccc(OCC[N+]3(C)CCCCC3)cc12.[I-].[I-]. The molecule has 39 heavy (non-hydrogen) atoms. The van der Waals surface area contributed by atoms with Crippen molar-refractivity contribution < 1.29 is 66.2 Å². The highest BCUT2D eigenvalue weighted by molar-refractivity contribution is 6.11. The molecule has 0 aliphatic carbocycles. The van der Waals surface area contributed by atoms with Gasteiger partial charge in [-0.1, -0.05) is 26.0 Å². The maximum Gasteiger partial charge on any atom is 0.261 e. The second-order valence-electron chi connectivity index (χ2n) is 10.9. The number of fused-ring (bicyclic) bond motifs is 4. The van der Waals surface area contributed by atoms with E-state index in [4.69, 9.17) is 9.15 Å². The molecule has 4 aromatic rings. The van der Waals surface area contributed by atoms with Gasteiger partial charge in [0.05, 0.1) is 36.6 Å². The van der Waals surface area contributed by atoms with Crippen LogP contribution in [0.3, 0.4) is 0 Å². The van der Waals surface area contributed by atoms with Gasteiger partial charge in [0.1, 0.15) is 31.5 Å². The minimum absolute atomic E-state index is 0. The molecule has 0 radical (unpaired) electrons. The first-order valence-corrected chi connectivity index (χ1v) is 14.2. The predicted molar refractivity (Wildman–Crippen MR) is 153 cm³/mol. The predicted octanol–water partition coefficient (Wildman–Crippen LogP) is -0.275. The van der Waals surface area contributed by atoms with E-state index in [1.165, 1.54) is 43.3 Å². The number of piperidine rings is 1. The molecule has 8 heteroatoms. The molecule has 0 saturated carbocycles. The molecule has 2 aromatic carbocycles. The van der Waals surface area contributed by atoms with Gasteiger partial charge in [-0.05, 0) is 69.6 Å². The number of anilines is 1. The number of nitrogens with one attached hydrogen (secondary N) is 1. The van der Waals surface area contributed by atoms with Crippen LogP contribution >= 0.6 is 0 Å². The Labute approximate surface area is 267 Å². The molecular formula is C31H44I2N4O2. The Kier molecular flexibility index (Phi) is 12.0. The van der Waals surface area contributed by atoms with Crippen molar-refractivity contribution in [2.24, 2.45) is 7.05 Å². The van der Waals surface area contributed by atoms with Gasteiger partial charge in [0, 0.05) is 12.6 Å². The number of aryl methyl sites for hydroxylation is 1. The van der Waals surface area contributed by atoms with Crippen molar-refractivity contribution >= 4 is 38.7 Å². The summed E-state index contributed by atoms with van der Waals surface area (Å²) in [5.74, 6) is 0.917. The highest BCUT2D eigenvalue weighted by Gasteiger charge is 2.26. The van der Waals surface area contributed by atoms with E-state index >= 15 is 0 Å². The lowest BCUT2D eigenvalue weighted by Crippen LogP contribution is -3.00. The number of benzene rings is 2. The van der Waals surface area contributed by atoms with Crippen LogP contribution in [0.4, 0.5) is 5.69 Å². The number of likely N-dealkylation sites (tertiary alicyclic amines) is 1. The third-order valence-corrected chi connectivity index (χ3v) is 8.37. The summed E-state index contributed by atoms with van der Waals surface area (Å²) in [6.45, 7) is 13.0. The summed E-state index contributed by atoms with van der Waals surface area (Å²) in [5, 5.41) is 6.04. The number of ether oxygens (including phenoxy) is 1. The maximum atomic E-state index is 6.51. The fourth-order valence-corrected chi connectivity index (χ4v) is 5.99. The van der Waals surface area contributed by atoms with E-state index in [0.29, 0.717) is 0 Å². The lowest BCUT2D eigenvalue weighted by atomic mass is 10.1. The zero-order chi connectivity index (χ0) is 25.8. The van der Waals surface area contributed by atoms with Gasteiger partial charge in [-0.25, -0.2) is 0 Å². The molecule has 214 valence electrons. The number of para-hydroxylation sites is 1. The molecule has 0 atom stereocenters. The second-order valence-corrected chi connectivity index (χ2v) is 10.9. The van der Waals surface area contributed by atoms with E-state index in [-0.39, 0.29) is 48.0 Å². The van der Waals surface area contributed by atoms with Gasteiger partial charge in [0.25, 0.3) is 5.52 Å². The largest absolute Gasteiger partial charge is 1.00 e. The van der Waals surface area contributed by atoms with Crippen molar-refractivity contribution in [3.63, 3.8) is 0 Å². The molecule has 0 amide bonds. The number of hydrogen-bond donors (Lipinski definition) is 1. The number of quaternary nitrogens is 1. The van der Waals surface area contributed by atoms with Crippen LogP contribution in [-0.4, -0.2) is 68.9 Å². The molecule has 1 aliphatic heterocycles. The molecular weight excluding hydrogens is 714 g/mol. The molecule has 6 nitrogen and oxygen atoms in total. The zero-order valence-electron chi connectivity index (χ0n) is 23.9. The Morgan fingerprint density at radius 1 is 1.00 bits per heavy atom. The Morgan fingerprint density at radius 3 is 2.49 bits per heavy atom. The molecule has 5 rings (SSSR count). The van der Waals surface area contributed by atoms with Gasteiger partial charge >= 0.3 is 0 Å². The Bertz CT molecular complexity index is 1360. The summed E-state index contributed by atoms with van der Waals surface area (Å²) in [6, 6.07) is 14.9. The van der Waals surface area contributed by atoms with Crippen molar-refractivity contribution in [1.29, 1.82) is 0 Å². The molecule has 0 unspecified atom stereocenters. The number of aromatic nitrogens is 1. The van der Waals surface area contributed by atoms with Gasteiger partial charge < -0.3 is 71.8 Å². The average Bonchev–Trinajstić information content (AvgIpc) is 3.30. The van der Waals surface area contributed by atoms with Crippen LogP contribution in [-0.2, 0) is 7.05 Å². The van der Waals surface area contributed by atoms with Crippen LogP contribution in [0.5, 0.6) is 5.75 Å². The molecule has 0 spiro atoms. The first-order chi connectivity index (χ1) is 18.0. The van der Waals surface area contributed by atoms with E-state index in [9.17, 15) is 0 Å². The van der Waals surface area contributed by atoms with Gasteiger partial charge in [0.15, 0.2) is 0 Å². The van der Waals surface area contributed by atoms with Gasteiger partial charge in [-0.3, -0.25) is 0 Å². The fourth-order valence-electron chi connectivity index (χ4n) is 5.99. The van der Waals surface area contributed by atoms with Crippen LogP contribution in [0.2, 0.25) is 0 Å². The normalized spacial score (nSPS) is 14.9. The third-order valence-electron chi connectivity index (χ3n) is 8.37. The lowest BCUT2D eigenvalue weighted by molar-refractivity contribution is -0.914. The van der Waals surface area contributed by atoms with E-state index in [2.05, 4.69) is 85.2 Å². The Hall–Kier alpha value is -1.37. The van der Waals surface area contributed by atoms with Gasteiger partial charge in [-0.2, -0.15) is 4.57 Å². The molecule has 1 aliphatic rings. The summed E-state index contributed by atoms with van der Waals surface area (Å²) >= 11 is 0. The van der Waals surface area contributed by atoms with Gasteiger partial charge in [0.2, 0.25) is 11.1 Å². The average molecular weight is 759 g/mol. The molecule has 1 saturated heterocycles. The summed E-state index contributed by atoms with van der Waals surface area (Å²) < 4.78 is 16.2. The van der Waals surface area contributed by atoms with Crippen LogP contribution in [0.25, 0.3) is 33.0 Å². The smallest absolute Gasteiger partial charge is 0.261 e. The topological polar surface area (TPSA) is 41.5 Å². The van der Waals surface area contributed by atoms with Crippen LogP contribution in [0.1, 0.15) is 39.5 Å². The highest BCUT2D eigenvalue weighted by atomic mass is 127. The number of furan rings is 1. The summed E-state index contributed by atoms with van der Waals surface area (Å²) in [7, 11) is 4.51. The molecule has 3 heterocycles. The number of likely N-dealkylation sites (N-methyl/N-ethyl adjacent to an activating group) is 1. The molecule has 2 aromatic heterocycles. The number of hydrogen-bond acceptors (Lipinski definition) is 4. The van der Waals surface area contributed by atoms with Crippen molar-refractivity contribution in [2.75, 3.05) is 64.8 Å². The first kappa shape index (κ1) is 32.1. The Morgan fingerprint density at radius 2 is 1.74 bits per heavy atom. The van der Waals surface area contributed by atoms with Crippen molar-refractivity contribution in [3.05, 3.63) is 42.5 Å². The van der Waals surface area contributed by atoms with Gasteiger partial charge in [-0.15, -0.1) is 0 Å². The summed E-state index contributed by atoms with van der Waals surface area (Å²) in [6.07, 6.45) is 5.13. The minimum Gasteiger partial charge on any atom is -1.00 e. The quantitative estimate of drug-likeness (QED) is 0.0992. The third kappa shape index (κ3) is 7.11. The second kappa shape index (κ2) is 14.5. The molecule has 0 bridgehead atoms. The number of nitrogens with zero attached hydrogens (tertiary/aromatic N) is 3. The van der Waals surface area contributed by atoms with Crippen LogP contribution in [0.15, 0.2) is 46.9 Å².